The molecule has 2 aliphatic heterocycles. The minimum Gasteiger partial charge on any atom is -0.493 e. The van der Waals surface area contributed by atoms with E-state index >= 15 is 0 Å². The zero-order valence-corrected chi connectivity index (χ0v) is 20.7. The van der Waals surface area contributed by atoms with Crippen LogP contribution in [-0.2, 0) is 27.9 Å². The van der Waals surface area contributed by atoms with Gasteiger partial charge in [0.05, 0.1) is 20.5 Å². The van der Waals surface area contributed by atoms with Gasteiger partial charge >= 0.3 is 0 Å². The van der Waals surface area contributed by atoms with Crippen molar-refractivity contribution in [3.63, 3.8) is 0 Å². The normalized spacial score (nSPS) is 17.5. The number of hydrogen-bond acceptors (Lipinski definition) is 6. The lowest BCUT2D eigenvalue weighted by Crippen LogP contribution is -2.35. The molecular weight excluding hydrogens is 456 g/mol. The third kappa shape index (κ3) is 4.96. The molecule has 34 heavy (non-hydrogen) atoms. The van der Waals surface area contributed by atoms with Crippen molar-refractivity contribution in [3.05, 3.63) is 41.5 Å². The van der Waals surface area contributed by atoms with Gasteiger partial charge in [0.15, 0.2) is 11.5 Å². The molecule has 5 rings (SSSR count). The Morgan fingerprint density at radius 2 is 1.65 bits per heavy atom. The fraction of sp³-hybridized carbons (Fsp3) is 0.400. The minimum atomic E-state index is -3.67. The van der Waals surface area contributed by atoms with Crippen molar-refractivity contribution in [1.82, 2.24) is 4.90 Å². The molecule has 0 aliphatic carbocycles. The quantitative estimate of drug-likeness (QED) is 0.426. The average Bonchev–Trinajstić information content (AvgIpc) is 3.23. The first-order chi connectivity index (χ1) is 16.1. The van der Waals surface area contributed by atoms with Crippen molar-refractivity contribution in [2.24, 2.45) is 0 Å². The average molecular weight is 487 g/mol. The largest absolute Gasteiger partial charge is 0.493 e. The third-order valence-corrected chi connectivity index (χ3v) is 6.47. The van der Waals surface area contributed by atoms with Crippen LogP contribution in [0.2, 0.25) is 0 Å². The number of fused-ring (bicyclic) bond motifs is 7. The molecule has 0 unspecified atom stereocenters. The van der Waals surface area contributed by atoms with E-state index in [4.69, 9.17) is 14.0 Å². The van der Waals surface area contributed by atoms with E-state index in [0.717, 1.165) is 40.9 Å². The van der Waals surface area contributed by atoms with Crippen LogP contribution in [0.1, 0.15) is 30.9 Å². The van der Waals surface area contributed by atoms with Crippen molar-refractivity contribution in [1.29, 1.82) is 0 Å². The molecule has 182 valence electrons. The van der Waals surface area contributed by atoms with Gasteiger partial charge < -0.3 is 14.8 Å². The molecule has 9 heteroatoms. The summed E-state index contributed by atoms with van der Waals surface area (Å²) >= 11 is 0. The summed E-state index contributed by atoms with van der Waals surface area (Å²) in [5, 5.41) is 7.71. The number of benzene rings is 3. The number of methoxy groups -OCH3 is 2. The molecule has 2 aliphatic rings. The highest BCUT2D eigenvalue weighted by Gasteiger charge is 2.32. The third-order valence-electron chi connectivity index (χ3n) is 6.47. The summed E-state index contributed by atoms with van der Waals surface area (Å²) in [6, 6.07) is 11.1. The van der Waals surface area contributed by atoms with Crippen LogP contribution in [0, 0.1) is 0 Å². The molecule has 1 amide bonds. The maximum absolute atomic E-state index is 11.6. The number of hydrogen-bond donors (Lipinski definition) is 2. The predicted octanol–water partition coefficient (Wildman–Crippen LogP) is 3.99. The SMILES string of the molecule is COc1cc2c3c(c4ccc(NC(C)=O)cc4c2cc1OC)C[C@@H]1CCCN1C3.CS(=O)(=O)O. The Labute approximate surface area is 199 Å². The molecule has 2 heterocycles. The second-order valence-electron chi connectivity index (χ2n) is 8.86. The van der Waals surface area contributed by atoms with Gasteiger partial charge in [0.2, 0.25) is 5.91 Å². The molecule has 0 spiro atoms. The second-order valence-corrected chi connectivity index (χ2v) is 10.3. The first kappa shape index (κ1) is 24.3. The number of carbonyl (C=O) groups is 1. The number of amides is 1. The molecule has 0 bridgehead atoms. The number of ether oxygens (including phenoxy) is 2. The Hall–Kier alpha value is -2.88. The van der Waals surface area contributed by atoms with Crippen molar-refractivity contribution < 1.29 is 27.2 Å². The van der Waals surface area contributed by atoms with Crippen LogP contribution in [0.3, 0.4) is 0 Å². The monoisotopic (exact) mass is 486 g/mol. The van der Waals surface area contributed by atoms with Gasteiger partial charge in [0, 0.05) is 25.2 Å². The first-order valence-corrected chi connectivity index (χ1v) is 13.0. The zero-order valence-electron chi connectivity index (χ0n) is 19.8. The Bertz CT molecular complexity index is 1360. The van der Waals surface area contributed by atoms with Crippen molar-refractivity contribution >= 4 is 43.3 Å². The second kappa shape index (κ2) is 9.40. The Morgan fingerprint density at radius 3 is 2.26 bits per heavy atom. The molecule has 0 aromatic heterocycles. The molecule has 1 fully saturated rings. The Kier molecular flexibility index (Phi) is 6.71. The molecule has 3 aromatic rings. The number of carbonyl (C=O) groups excluding carboxylic acids is 1. The van der Waals surface area contributed by atoms with Gasteiger partial charge in [-0.3, -0.25) is 14.2 Å². The maximum Gasteiger partial charge on any atom is 0.261 e. The van der Waals surface area contributed by atoms with Gasteiger partial charge in [-0.15, -0.1) is 0 Å². The number of anilines is 1. The lowest BCUT2D eigenvalue weighted by Gasteiger charge is -2.33. The lowest BCUT2D eigenvalue weighted by molar-refractivity contribution is -0.114. The van der Waals surface area contributed by atoms with E-state index in [-0.39, 0.29) is 5.91 Å². The van der Waals surface area contributed by atoms with Crippen LogP contribution >= 0.6 is 0 Å². The highest BCUT2D eigenvalue weighted by atomic mass is 32.2. The summed E-state index contributed by atoms with van der Waals surface area (Å²) in [5.41, 5.74) is 3.66. The molecule has 1 atom stereocenters. The molecule has 3 aromatic carbocycles. The highest BCUT2D eigenvalue weighted by molar-refractivity contribution is 7.85. The molecular formula is C25H30N2O6S. The highest BCUT2D eigenvalue weighted by Crippen LogP contribution is 2.44. The molecule has 1 saturated heterocycles. The van der Waals surface area contributed by atoms with Gasteiger partial charge in [-0.05, 0) is 82.7 Å². The Morgan fingerprint density at radius 1 is 1.03 bits per heavy atom. The number of nitrogens with zero attached hydrogens (tertiary/aromatic N) is 1. The van der Waals surface area contributed by atoms with Crippen LogP contribution in [-0.4, -0.2) is 56.8 Å². The van der Waals surface area contributed by atoms with Crippen LogP contribution in [0.4, 0.5) is 5.69 Å². The van der Waals surface area contributed by atoms with E-state index in [1.807, 2.05) is 6.07 Å². The predicted molar refractivity (Wildman–Crippen MR) is 133 cm³/mol. The van der Waals surface area contributed by atoms with E-state index < -0.39 is 10.1 Å². The van der Waals surface area contributed by atoms with Gasteiger partial charge in [0.1, 0.15) is 0 Å². The van der Waals surface area contributed by atoms with Crippen LogP contribution < -0.4 is 14.8 Å². The van der Waals surface area contributed by atoms with Crippen LogP contribution in [0.15, 0.2) is 30.3 Å². The molecule has 8 nitrogen and oxygen atoms in total. The maximum atomic E-state index is 11.6. The Balaban J connectivity index is 0.000000499. The lowest BCUT2D eigenvalue weighted by atomic mass is 9.85. The number of rotatable bonds is 3. The number of nitrogens with one attached hydrogen (secondary N) is 1. The van der Waals surface area contributed by atoms with Gasteiger partial charge in [-0.1, -0.05) is 6.07 Å². The molecule has 0 radical (unpaired) electrons. The molecule has 0 saturated carbocycles. The first-order valence-electron chi connectivity index (χ1n) is 11.2. The van der Waals surface area contributed by atoms with Crippen molar-refractivity contribution in [3.8, 4) is 11.5 Å². The molecule has 2 N–H and O–H groups in total. The van der Waals surface area contributed by atoms with E-state index in [1.54, 1.807) is 14.2 Å². The summed E-state index contributed by atoms with van der Waals surface area (Å²) in [6.07, 6.45) is 4.34. The van der Waals surface area contributed by atoms with Gasteiger partial charge in [-0.25, -0.2) is 0 Å². The van der Waals surface area contributed by atoms with E-state index in [9.17, 15) is 13.2 Å². The van der Waals surface area contributed by atoms with Crippen molar-refractivity contribution in [2.75, 3.05) is 32.3 Å². The topological polar surface area (TPSA) is 105 Å². The van der Waals surface area contributed by atoms with E-state index in [0.29, 0.717) is 12.3 Å². The fourth-order valence-corrected chi connectivity index (χ4v) is 5.17. The van der Waals surface area contributed by atoms with Gasteiger partial charge in [0.25, 0.3) is 10.1 Å². The van der Waals surface area contributed by atoms with E-state index in [2.05, 4.69) is 34.5 Å². The minimum absolute atomic E-state index is 0.0625. The fourth-order valence-electron chi connectivity index (χ4n) is 5.17. The van der Waals surface area contributed by atoms with Gasteiger partial charge in [-0.2, -0.15) is 8.42 Å². The summed E-state index contributed by atoms with van der Waals surface area (Å²) in [4.78, 5) is 14.2. The summed E-state index contributed by atoms with van der Waals surface area (Å²) in [6.45, 7) is 3.70. The van der Waals surface area contributed by atoms with E-state index in [1.165, 1.54) is 48.2 Å². The summed E-state index contributed by atoms with van der Waals surface area (Å²) in [5.74, 6) is 1.41. The van der Waals surface area contributed by atoms with Crippen LogP contribution in [0.5, 0.6) is 11.5 Å². The smallest absolute Gasteiger partial charge is 0.261 e. The summed E-state index contributed by atoms with van der Waals surface area (Å²) in [7, 11) is -0.315. The van der Waals surface area contributed by atoms with Crippen LogP contribution in [0.25, 0.3) is 21.5 Å². The zero-order chi connectivity index (χ0) is 24.6. The standard InChI is InChI=1S/C24H26N2O3.CH4O3S/c1-14(27)25-15-6-7-17-18(9-15)20-11-23(28-2)24(29-3)12-21(20)22-13-26-8-4-5-16(26)10-19(17)22;1-5(2,3)4/h6-7,9,11-12,16H,4-5,8,10,13H2,1-3H3,(H,25,27);1H3,(H,2,3,4)/t16-;/m0./s1. The van der Waals surface area contributed by atoms with Crippen molar-refractivity contribution in [2.45, 2.75) is 38.8 Å². The summed E-state index contributed by atoms with van der Waals surface area (Å²) < 4.78 is 37.1.